The molecule has 0 aromatic heterocycles. The van der Waals surface area contributed by atoms with Crippen LogP contribution < -0.4 is 5.73 Å². The van der Waals surface area contributed by atoms with Gasteiger partial charge in [-0.2, -0.15) is 0 Å². The summed E-state index contributed by atoms with van der Waals surface area (Å²) in [6.07, 6.45) is 1.33. The van der Waals surface area contributed by atoms with Crippen LogP contribution in [-0.4, -0.2) is 52.7 Å². The standard InChI is InChI=1S/C14H15ClN4O4/c1-17-4-2-7(3-5-17)18-13(20)8-6-9(16)12(19(22)23)11(15)10(8)14(18)21/h6-7H,2-5,16H2,1H3. The first kappa shape index (κ1) is 15.7. The number of nitro groups is 1. The van der Waals surface area contributed by atoms with E-state index in [-0.39, 0.29) is 27.9 Å². The number of nitrogens with two attached hydrogens (primary N) is 1. The van der Waals surface area contributed by atoms with Crippen molar-refractivity contribution in [3.8, 4) is 0 Å². The van der Waals surface area contributed by atoms with Crippen LogP contribution in [0, 0.1) is 10.1 Å². The van der Waals surface area contributed by atoms with Gasteiger partial charge in [0, 0.05) is 6.04 Å². The van der Waals surface area contributed by atoms with Crippen molar-refractivity contribution in [3.05, 3.63) is 32.3 Å². The number of carbonyl (C=O) groups is 2. The first-order valence-electron chi connectivity index (χ1n) is 7.15. The molecule has 122 valence electrons. The average molecular weight is 339 g/mol. The van der Waals surface area contributed by atoms with Crippen LogP contribution in [0.2, 0.25) is 5.02 Å². The molecule has 1 aromatic carbocycles. The zero-order valence-electron chi connectivity index (χ0n) is 12.4. The molecule has 0 unspecified atom stereocenters. The smallest absolute Gasteiger partial charge is 0.311 e. The zero-order valence-corrected chi connectivity index (χ0v) is 13.2. The van der Waals surface area contributed by atoms with E-state index in [1.54, 1.807) is 0 Å². The molecule has 0 atom stereocenters. The highest BCUT2D eigenvalue weighted by Crippen LogP contribution is 2.41. The number of halogens is 1. The van der Waals surface area contributed by atoms with Crippen molar-refractivity contribution in [3.63, 3.8) is 0 Å². The molecule has 0 bridgehead atoms. The van der Waals surface area contributed by atoms with Crippen molar-refractivity contribution >= 4 is 34.8 Å². The Morgan fingerprint density at radius 2 is 1.91 bits per heavy atom. The second kappa shape index (κ2) is 5.47. The largest absolute Gasteiger partial charge is 0.393 e. The van der Waals surface area contributed by atoms with Gasteiger partial charge in [-0.25, -0.2) is 0 Å². The maximum atomic E-state index is 12.6. The van der Waals surface area contributed by atoms with Crippen molar-refractivity contribution in [2.75, 3.05) is 25.9 Å². The Kier molecular flexibility index (Phi) is 3.73. The number of piperidine rings is 1. The molecule has 0 saturated carbocycles. The fourth-order valence-electron chi connectivity index (χ4n) is 3.15. The number of hydrogen-bond acceptors (Lipinski definition) is 6. The molecule has 9 heteroatoms. The summed E-state index contributed by atoms with van der Waals surface area (Å²) in [5.74, 6) is -1.06. The summed E-state index contributed by atoms with van der Waals surface area (Å²) in [5, 5.41) is 10.7. The van der Waals surface area contributed by atoms with Crippen molar-refractivity contribution < 1.29 is 14.5 Å². The molecule has 1 fully saturated rings. The van der Waals surface area contributed by atoms with Crippen molar-refractivity contribution in [1.82, 2.24) is 9.80 Å². The number of carbonyl (C=O) groups excluding carboxylic acids is 2. The lowest BCUT2D eigenvalue weighted by atomic mass is 10.0. The monoisotopic (exact) mass is 338 g/mol. The van der Waals surface area contributed by atoms with Crippen molar-refractivity contribution in [1.29, 1.82) is 0 Å². The molecule has 2 aliphatic heterocycles. The molecule has 23 heavy (non-hydrogen) atoms. The molecule has 8 nitrogen and oxygen atoms in total. The SMILES string of the molecule is CN1CCC(N2C(=O)c3cc(N)c([N+](=O)[O-])c(Cl)c3C2=O)CC1. The lowest BCUT2D eigenvalue weighted by Gasteiger charge is -2.33. The van der Waals surface area contributed by atoms with Crippen LogP contribution in [0.1, 0.15) is 33.6 Å². The summed E-state index contributed by atoms with van der Waals surface area (Å²) in [5.41, 5.74) is 4.81. The molecular weight excluding hydrogens is 324 g/mol. The van der Waals surface area contributed by atoms with Gasteiger partial charge in [0.05, 0.1) is 16.1 Å². The fourth-order valence-corrected chi connectivity index (χ4v) is 3.51. The van der Waals surface area contributed by atoms with E-state index in [1.165, 1.54) is 11.0 Å². The highest BCUT2D eigenvalue weighted by atomic mass is 35.5. The van der Waals surface area contributed by atoms with E-state index in [0.29, 0.717) is 12.8 Å². The van der Waals surface area contributed by atoms with E-state index in [2.05, 4.69) is 4.90 Å². The van der Waals surface area contributed by atoms with Gasteiger partial charge in [-0.05, 0) is 39.0 Å². The third-order valence-electron chi connectivity index (χ3n) is 4.39. The minimum absolute atomic E-state index is 0.0435. The molecule has 2 N–H and O–H groups in total. The Balaban J connectivity index is 2.04. The summed E-state index contributed by atoms with van der Waals surface area (Å²) >= 11 is 6.01. The molecule has 2 amide bonds. The number of rotatable bonds is 2. The van der Waals surface area contributed by atoms with E-state index in [9.17, 15) is 19.7 Å². The summed E-state index contributed by atoms with van der Waals surface area (Å²) in [4.78, 5) is 38.8. The molecule has 0 spiro atoms. The van der Waals surface area contributed by atoms with Crippen LogP contribution >= 0.6 is 11.6 Å². The number of likely N-dealkylation sites (tertiary alicyclic amines) is 1. The average Bonchev–Trinajstić information content (AvgIpc) is 2.71. The molecule has 2 heterocycles. The summed E-state index contributed by atoms with van der Waals surface area (Å²) in [6, 6.07) is 0.948. The Hall–Kier alpha value is -2.19. The maximum Gasteiger partial charge on any atom is 0.311 e. The minimum Gasteiger partial charge on any atom is -0.393 e. The van der Waals surface area contributed by atoms with Crippen LogP contribution in [0.15, 0.2) is 6.07 Å². The fraction of sp³-hybridized carbons (Fsp3) is 0.429. The van der Waals surface area contributed by atoms with E-state index in [1.807, 2.05) is 7.05 Å². The van der Waals surface area contributed by atoms with Gasteiger partial charge in [-0.3, -0.25) is 24.6 Å². The van der Waals surface area contributed by atoms with Gasteiger partial charge in [0.2, 0.25) is 0 Å². The number of nitro benzene ring substituents is 1. The molecule has 0 radical (unpaired) electrons. The van der Waals surface area contributed by atoms with Crippen LogP contribution in [0.25, 0.3) is 0 Å². The van der Waals surface area contributed by atoms with E-state index in [0.717, 1.165) is 13.1 Å². The minimum atomic E-state index is -0.742. The maximum absolute atomic E-state index is 12.6. The Morgan fingerprint density at radius 3 is 2.48 bits per heavy atom. The number of nitrogens with zero attached hydrogens (tertiary/aromatic N) is 3. The highest BCUT2D eigenvalue weighted by Gasteiger charge is 2.44. The Bertz CT molecular complexity index is 728. The van der Waals surface area contributed by atoms with Gasteiger partial charge in [-0.1, -0.05) is 11.6 Å². The normalized spacial score (nSPS) is 19.3. The first-order chi connectivity index (χ1) is 10.8. The predicted molar refractivity (Wildman–Crippen MR) is 83.5 cm³/mol. The number of anilines is 1. The predicted octanol–water partition coefficient (Wildman–Crippen LogP) is 1.52. The van der Waals surface area contributed by atoms with Gasteiger partial charge in [-0.15, -0.1) is 0 Å². The van der Waals surface area contributed by atoms with Gasteiger partial charge in [0.15, 0.2) is 0 Å². The van der Waals surface area contributed by atoms with Crippen LogP contribution in [-0.2, 0) is 0 Å². The van der Waals surface area contributed by atoms with Crippen LogP contribution in [0.5, 0.6) is 0 Å². The number of imide groups is 1. The van der Waals surface area contributed by atoms with Gasteiger partial charge in [0.25, 0.3) is 11.8 Å². The number of amides is 2. The number of fused-ring (bicyclic) bond motifs is 1. The highest BCUT2D eigenvalue weighted by molar-refractivity contribution is 6.39. The van der Waals surface area contributed by atoms with Crippen molar-refractivity contribution in [2.45, 2.75) is 18.9 Å². The van der Waals surface area contributed by atoms with Crippen LogP contribution in [0.3, 0.4) is 0 Å². The third kappa shape index (κ3) is 2.34. The molecule has 1 saturated heterocycles. The third-order valence-corrected chi connectivity index (χ3v) is 4.76. The number of benzene rings is 1. The molecule has 2 aliphatic rings. The van der Waals surface area contributed by atoms with Gasteiger partial charge in [0.1, 0.15) is 10.7 Å². The van der Waals surface area contributed by atoms with Gasteiger partial charge < -0.3 is 10.6 Å². The quantitative estimate of drug-likeness (QED) is 0.379. The molecule has 1 aromatic rings. The summed E-state index contributed by atoms with van der Waals surface area (Å²) in [7, 11) is 1.97. The lowest BCUT2D eigenvalue weighted by Crippen LogP contribution is -2.46. The summed E-state index contributed by atoms with van der Waals surface area (Å²) in [6.45, 7) is 1.54. The van der Waals surface area contributed by atoms with E-state index < -0.39 is 22.4 Å². The van der Waals surface area contributed by atoms with E-state index >= 15 is 0 Å². The lowest BCUT2D eigenvalue weighted by molar-refractivity contribution is -0.383. The topological polar surface area (TPSA) is 110 Å². The second-order valence-corrected chi connectivity index (χ2v) is 6.20. The second-order valence-electron chi connectivity index (χ2n) is 5.82. The van der Waals surface area contributed by atoms with E-state index in [4.69, 9.17) is 17.3 Å². The molecule has 0 aliphatic carbocycles. The summed E-state index contributed by atoms with van der Waals surface area (Å²) < 4.78 is 0. The first-order valence-corrected chi connectivity index (χ1v) is 7.53. The number of nitrogen functional groups attached to an aromatic ring is 1. The number of hydrogen-bond donors (Lipinski definition) is 1. The van der Waals surface area contributed by atoms with Gasteiger partial charge >= 0.3 is 5.69 Å². The molecular formula is C14H15ClN4O4. The molecule has 3 rings (SSSR count). The zero-order chi connectivity index (χ0) is 16.9. The van der Waals surface area contributed by atoms with Crippen molar-refractivity contribution in [2.24, 2.45) is 0 Å². The van der Waals surface area contributed by atoms with Crippen LogP contribution in [0.4, 0.5) is 11.4 Å². The Labute approximate surface area is 136 Å². The Morgan fingerprint density at radius 1 is 1.30 bits per heavy atom.